The lowest BCUT2D eigenvalue weighted by molar-refractivity contribution is -0.117. The summed E-state index contributed by atoms with van der Waals surface area (Å²) in [6.45, 7) is 4.67. The second kappa shape index (κ2) is 8.05. The maximum atomic E-state index is 12.1. The third-order valence-corrected chi connectivity index (χ3v) is 4.48. The Bertz CT molecular complexity index is 647. The molecule has 2 heterocycles. The molecule has 2 unspecified atom stereocenters. The van der Waals surface area contributed by atoms with Gasteiger partial charge in [-0.3, -0.25) is 9.89 Å². The van der Waals surface area contributed by atoms with E-state index in [0.29, 0.717) is 31.4 Å². The first-order valence-corrected chi connectivity index (χ1v) is 8.90. The second-order valence-corrected chi connectivity index (χ2v) is 7.14. The number of nitrogens with one attached hydrogen (secondary N) is 3. The van der Waals surface area contributed by atoms with Crippen molar-refractivity contribution in [1.82, 2.24) is 15.5 Å². The molecule has 2 aliphatic rings. The van der Waals surface area contributed by atoms with E-state index in [1.807, 2.05) is 13.8 Å². The molecular formula is C17H26N4O5. The van der Waals surface area contributed by atoms with Gasteiger partial charge in [-0.15, -0.1) is 0 Å². The van der Waals surface area contributed by atoms with E-state index in [9.17, 15) is 9.59 Å². The summed E-state index contributed by atoms with van der Waals surface area (Å²) in [4.78, 5) is 23.8. The minimum atomic E-state index is -0.443. The molecule has 0 spiro atoms. The lowest BCUT2D eigenvalue weighted by Gasteiger charge is -2.13. The minimum absolute atomic E-state index is 0.00455. The number of aromatic nitrogens is 2. The highest BCUT2D eigenvalue weighted by atomic mass is 16.6. The van der Waals surface area contributed by atoms with Gasteiger partial charge in [0.1, 0.15) is 12.2 Å². The number of carbonyl (C=O) groups is 2. The summed E-state index contributed by atoms with van der Waals surface area (Å²) >= 11 is 0. The zero-order valence-corrected chi connectivity index (χ0v) is 15.3. The van der Waals surface area contributed by atoms with E-state index < -0.39 is 6.09 Å². The van der Waals surface area contributed by atoms with Crippen LogP contribution < -0.4 is 10.6 Å². The first-order chi connectivity index (χ1) is 12.5. The van der Waals surface area contributed by atoms with Crippen molar-refractivity contribution in [2.75, 3.05) is 25.6 Å². The maximum absolute atomic E-state index is 12.1. The molecule has 0 radical (unpaired) electrons. The third kappa shape index (κ3) is 4.73. The number of nitrogens with zero attached hydrogens (tertiary/aromatic N) is 1. The van der Waals surface area contributed by atoms with E-state index >= 15 is 0 Å². The van der Waals surface area contributed by atoms with Crippen LogP contribution in [0.15, 0.2) is 6.07 Å². The number of methoxy groups -OCH3 is 1. The molecule has 1 aromatic rings. The highest BCUT2D eigenvalue weighted by molar-refractivity contribution is 5.93. The molecule has 2 amide bonds. The Morgan fingerprint density at radius 2 is 2.23 bits per heavy atom. The van der Waals surface area contributed by atoms with Crippen molar-refractivity contribution in [3.63, 3.8) is 0 Å². The molecule has 1 saturated carbocycles. The SMILES string of the molecule is COC[C@H]1C[C@@H]1C(=O)Nc1cc(C2CC(OC(=O)NC(C)C)CO2)[nH]n1. The van der Waals surface area contributed by atoms with Crippen molar-refractivity contribution in [3.8, 4) is 0 Å². The predicted octanol–water partition coefficient (Wildman–Crippen LogP) is 1.60. The van der Waals surface area contributed by atoms with Gasteiger partial charge in [0.2, 0.25) is 5.91 Å². The number of amides is 2. The summed E-state index contributed by atoms with van der Waals surface area (Å²) in [7, 11) is 1.64. The van der Waals surface area contributed by atoms with Crippen LogP contribution in [0.3, 0.4) is 0 Å². The van der Waals surface area contributed by atoms with Crippen LogP contribution in [-0.2, 0) is 19.0 Å². The van der Waals surface area contributed by atoms with Crippen LogP contribution >= 0.6 is 0 Å². The lowest BCUT2D eigenvalue weighted by Crippen LogP contribution is -2.33. The summed E-state index contributed by atoms with van der Waals surface area (Å²) in [6, 6.07) is 1.78. The van der Waals surface area contributed by atoms with E-state index in [1.165, 1.54) is 0 Å². The molecule has 26 heavy (non-hydrogen) atoms. The number of H-pyrrole nitrogens is 1. The standard InChI is InChI=1S/C17H26N4O5/c1-9(2)18-17(23)26-11-5-14(25-8-11)13-6-15(21-20-13)19-16(22)12-4-10(12)7-24-3/h6,9-12,14H,4-5,7-8H2,1-3H3,(H,18,23)(H2,19,20,21,22)/t10-,11?,12+,14?/m1/s1. The highest BCUT2D eigenvalue weighted by Crippen LogP contribution is 2.39. The first-order valence-electron chi connectivity index (χ1n) is 8.90. The van der Waals surface area contributed by atoms with Gasteiger partial charge < -0.3 is 24.8 Å². The van der Waals surface area contributed by atoms with Gasteiger partial charge in [-0.05, 0) is 26.2 Å². The van der Waals surface area contributed by atoms with Crippen LogP contribution in [0, 0.1) is 11.8 Å². The topological polar surface area (TPSA) is 115 Å². The molecule has 1 aromatic heterocycles. The molecule has 2 fully saturated rings. The number of aromatic amines is 1. The minimum Gasteiger partial charge on any atom is -0.444 e. The van der Waals surface area contributed by atoms with Crippen LogP contribution in [0.2, 0.25) is 0 Å². The zero-order valence-electron chi connectivity index (χ0n) is 15.3. The normalized spacial score (nSPS) is 27.4. The summed E-state index contributed by atoms with van der Waals surface area (Å²) < 4.78 is 16.1. The van der Waals surface area contributed by atoms with E-state index in [4.69, 9.17) is 14.2 Å². The van der Waals surface area contributed by atoms with Crippen LogP contribution in [0.5, 0.6) is 0 Å². The molecule has 3 N–H and O–H groups in total. The largest absolute Gasteiger partial charge is 0.444 e. The number of alkyl carbamates (subject to hydrolysis) is 1. The maximum Gasteiger partial charge on any atom is 0.407 e. The fourth-order valence-electron chi connectivity index (χ4n) is 3.07. The Hall–Kier alpha value is -2.13. The number of ether oxygens (including phenoxy) is 3. The van der Waals surface area contributed by atoms with Gasteiger partial charge in [0.05, 0.1) is 12.3 Å². The van der Waals surface area contributed by atoms with Crippen molar-refractivity contribution < 1.29 is 23.8 Å². The first kappa shape index (κ1) is 18.7. The van der Waals surface area contributed by atoms with Gasteiger partial charge >= 0.3 is 6.09 Å². The zero-order chi connectivity index (χ0) is 18.7. The molecule has 9 heteroatoms. The quantitative estimate of drug-likeness (QED) is 0.675. The van der Waals surface area contributed by atoms with Crippen molar-refractivity contribution in [2.24, 2.45) is 11.8 Å². The Kier molecular flexibility index (Phi) is 5.77. The molecule has 144 valence electrons. The summed E-state index contributed by atoms with van der Waals surface area (Å²) in [5, 5.41) is 12.5. The van der Waals surface area contributed by atoms with Gasteiger partial charge in [0, 0.05) is 38.2 Å². The molecule has 4 atom stereocenters. The molecule has 1 aliphatic carbocycles. The van der Waals surface area contributed by atoms with Crippen molar-refractivity contribution in [1.29, 1.82) is 0 Å². The smallest absolute Gasteiger partial charge is 0.407 e. The van der Waals surface area contributed by atoms with Crippen molar-refractivity contribution in [3.05, 3.63) is 11.8 Å². The number of carbonyl (C=O) groups excluding carboxylic acids is 2. The highest BCUT2D eigenvalue weighted by Gasteiger charge is 2.43. The molecule has 1 saturated heterocycles. The molecule has 1 aliphatic heterocycles. The predicted molar refractivity (Wildman–Crippen MR) is 92.5 cm³/mol. The van der Waals surface area contributed by atoms with E-state index in [2.05, 4.69) is 20.8 Å². The molecule has 9 nitrogen and oxygen atoms in total. The van der Waals surface area contributed by atoms with Crippen molar-refractivity contribution in [2.45, 2.75) is 44.9 Å². The van der Waals surface area contributed by atoms with Gasteiger partial charge in [-0.25, -0.2) is 4.79 Å². The second-order valence-electron chi connectivity index (χ2n) is 7.14. The van der Waals surface area contributed by atoms with Gasteiger partial charge in [-0.1, -0.05) is 0 Å². The Morgan fingerprint density at radius 3 is 2.96 bits per heavy atom. The van der Waals surface area contributed by atoms with Crippen molar-refractivity contribution >= 4 is 17.8 Å². The summed E-state index contributed by atoms with van der Waals surface area (Å²) in [6.07, 6.45) is 0.398. The Balaban J connectivity index is 1.46. The molecule has 3 rings (SSSR count). The Morgan fingerprint density at radius 1 is 1.42 bits per heavy atom. The van der Waals surface area contributed by atoms with E-state index in [1.54, 1.807) is 13.2 Å². The van der Waals surface area contributed by atoms with Crippen LogP contribution in [-0.4, -0.2) is 54.7 Å². The fourth-order valence-corrected chi connectivity index (χ4v) is 3.07. The van der Waals surface area contributed by atoms with Crippen LogP contribution in [0.25, 0.3) is 0 Å². The van der Waals surface area contributed by atoms with Gasteiger partial charge in [0.15, 0.2) is 5.82 Å². The van der Waals surface area contributed by atoms with Gasteiger partial charge in [-0.2, -0.15) is 5.10 Å². The number of rotatable bonds is 7. The van der Waals surface area contributed by atoms with E-state index in [-0.39, 0.29) is 30.1 Å². The average molecular weight is 366 g/mol. The molecule has 0 aromatic carbocycles. The number of hydrogen-bond acceptors (Lipinski definition) is 6. The number of anilines is 1. The molecular weight excluding hydrogens is 340 g/mol. The summed E-state index contributed by atoms with van der Waals surface area (Å²) in [5.41, 5.74) is 0.750. The van der Waals surface area contributed by atoms with Gasteiger partial charge in [0.25, 0.3) is 0 Å². The monoisotopic (exact) mass is 366 g/mol. The fraction of sp³-hybridized carbons (Fsp3) is 0.706. The average Bonchev–Trinajstić information content (AvgIpc) is 2.96. The molecule has 0 bridgehead atoms. The lowest BCUT2D eigenvalue weighted by atomic mass is 10.1. The van der Waals surface area contributed by atoms with Crippen LogP contribution in [0.4, 0.5) is 10.6 Å². The summed E-state index contributed by atoms with van der Waals surface area (Å²) in [5.74, 6) is 0.726. The third-order valence-electron chi connectivity index (χ3n) is 4.48. The van der Waals surface area contributed by atoms with E-state index in [0.717, 1.165) is 12.1 Å². The Labute approximate surface area is 152 Å². The number of hydrogen-bond donors (Lipinski definition) is 3. The van der Waals surface area contributed by atoms with Crippen LogP contribution in [0.1, 0.15) is 38.5 Å².